The van der Waals surface area contributed by atoms with E-state index in [0.29, 0.717) is 69.3 Å². The maximum atomic E-state index is 12.5. The molecule has 0 unspecified atom stereocenters. The maximum absolute atomic E-state index is 12.5. The van der Waals surface area contributed by atoms with Crippen LogP contribution in [-0.2, 0) is 14.8 Å². The van der Waals surface area contributed by atoms with E-state index >= 15 is 0 Å². The Morgan fingerprint density at radius 1 is 1.00 bits per heavy atom. The molecule has 0 saturated carbocycles. The highest BCUT2D eigenvalue weighted by Gasteiger charge is 2.23. The van der Waals surface area contributed by atoms with E-state index in [9.17, 15) is 18.3 Å². The summed E-state index contributed by atoms with van der Waals surface area (Å²) < 4.78 is 42.5. The molecule has 0 atom stereocenters. The van der Waals surface area contributed by atoms with Crippen LogP contribution in [0.15, 0.2) is 65.7 Å². The molecule has 12 heteroatoms. The lowest BCUT2D eigenvalue weighted by Gasteiger charge is -2.24. The standard InChI is InChI=1S/C30H32N4O7S/c1-5-39-30(36)20-6-12-23-24(16-20)32-29(35)27(23)28(19-7-13-25-26(17-19)41-18-40-25)31-21-8-10-22(11-9-21)34(42(4,37)38)15-14-33(2)3/h6-13,16-17,32,35H,5,14-15,18H2,1-4H3. The molecular formula is C30H32N4O7S. The average Bonchev–Trinajstić information content (AvgIpc) is 3.54. The molecule has 5 rings (SSSR count). The minimum atomic E-state index is -3.50. The first-order valence-corrected chi connectivity index (χ1v) is 15.1. The van der Waals surface area contributed by atoms with Gasteiger partial charge in [-0.3, -0.25) is 4.31 Å². The van der Waals surface area contributed by atoms with Gasteiger partial charge in [-0.15, -0.1) is 0 Å². The molecule has 1 aliphatic heterocycles. The number of carbonyl (C=O) groups excluding carboxylic acids is 1. The normalized spacial score (nSPS) is 13.1. The van der Waals surface area contributed by atoms with Gasteiger partial charge < -0.3 is 29.2 Å². The fourth-order valence-electron chi connectivity index (χ4n) is 4.67. The van der Waals surface area contributed by atoms with Crippen molar-refractivity contribution in [1.29, 1.82) is 0 Å². The lowest BCUT2D eigenvalue weighted by atomic mass is 9.99. The molecule has 0 bridgehead atoms. The van der Waals surface area contributed by atoms with Crippen molar-refractivity contribution in [2.75, 3.05) is 51.1 Å². The van der Waals surface area contributed by atoms with Crippen LogP contribution < -0.4 is 13.8 Å². The number of anilines is 1. The summed E-state index contributed by atoms with van der Waals surface area (Å²) in [4.78, 5) is 22.1. The zero-order valence-corrected chi connectivity index (χ0v) is 24.6. The number of rotatable bonds is 10. The first-order valence-electron chi connectivity index (χ1n) is 13.3. The quantitative estimate of drug-likeness (QED) is 0.206. The molecule has 4 aromatic rings. The predicted octanol–water partition coefficient (Wildman–Crippen LogP) is 4.28. The number of sulfonamides is 1. The van der Waals surface area contributed by atoms with Crippen LogP contribution in [0.5, 0.6) is 17.4 Å². The molecule has 220 valence electrons. The maximum Gasteiger partial charge on any atom is 0.338 e. The van der Waals surface area contributed by atoms with Crippen molar-refractivity contribution >= 4 is 44.0 Å². The first kappa shape index (κ1) is 29.0. The molecule has 1 aromatic heterocycles. The third kappa shape index (κ3) is 6.04. The summed E-state index contributed by atoms with van der Waals surface area (Å²) in [6.07, 6.45) is 1.18. The van der Waals surface area contributed by atoms with Crippen LogP contribution >= 0.6 is 0 Å². The topological polar surface area (TPSA) is 134 Å². The van der Waals surface area contributed by atoms with E-state index in [0.717, 1.165) is 0 Å². The van der Waals surface area contributed by atoms with Crippen LogP contribution in [0.3, 0.4) is 0 Å². The number of H-pyrrole nitrogens is 1. The molecule has 3 aromatic carbocycles. The largest absolute Gasteiger partial charge is 0.494 e. The highest BCUT2D eigenvalue weighted by Crippen LogP contribution is 2.37. The van der Waals surface area contributed by atoms with E-state index in [1.54, 1.807) is 61.5 Å². The highest BCUT2D eigenvalue weighted by atomic mass is 32.2. The predicted molar refractivity (Wildman–Crippen MR) is 161 cm³/mol. The number of aromatic hydroxyl groups is 1. The van der Waals surface area contributed by atoms with Gasteiger partial charge in [0.05, 0.1) is 41.1 Å². The molecule has 2 N–H and O–H groups in total. The molecule has 0 spiro atoms. The van der Waals surface area contributed by atoms with Crippen molar-refractivity contribution in [2.24, 2.45) is 4.99 Å². The number of nitrogens with one attached hydrogen (secondary N) is 1. The number of nitrogens with zero attached hydrogens (tertiary/aromatic N) is 3. The Kier molecular flexibility index (Phi) is 8.10. The van der Waals surface area contributed by atoms with Crippen molar-refractivity contribution in [3.63, 3.8) is 0 Å². The van der Waals surface area contributed by atoms with Gasteiger partial charge in [-0.2, -0.15) is 0 Å². The number of aromatic amines is 1. The number of carbonyl (C=O) groups is 1. The Morgan fingerprint density at radius 2 is 1.71 bits per heavy atom. The number of fused-ring (bicyclic) bond motifs is 2. The Hall–Kier alpha value is -4.55. The van der Waals surface area contributed by atoms with Crippen LogP contribution in [0.4, 0.5) is 11.4 Å². The van der Waals surface area contributed by atoms with Crippen molar-refractivity contribution in [1.82, 2.24) is 9.88 Å². The fourth-order valence-corrected chi connectivity index (χ4v) is 5.59. The molecule has 1 aliphatic rings. The van der Waals surface area contributed by atoms with E-state index in [1.807, 2.05) is 25.1 Å². The lowest BCUT2D eigenvalue weighted by Crippen LogP contribution is -2.35. The van der Waals surface area contributed by atoms with Crippen LogP contribution in [0, 0.1) is 0 Å². The van der Waals surface area contributed by atoms with Crippen molar-refractivity contribution in [3.05, 3.63) is 77.4 Å². The smallest absolute Gasteiger partial charge is 0.338 e. The summed E-state index contributed by atoms with van der Waals surface area (Å²) in [7, 11) is 0.263. The number of benzene rings is 3. The molecular weight excluding hydrogens is 560 g/mol. The Bertz CT molecular complexity index is 1760. The van der Waals surface area contributed by atoms with Crippen molar-refractivity contribution in [2.45, 2.75) is 6.92 Å². The van der Waals surface area contributed by atoms with Gasteiger partial charge >= 0.3 is 5.97 Å². The minimum Gasteiger partial charge on any atom is -0.494 e. The summed E-state index contributed by atoms with van der Waals surface area (Å²) in [5.74, 6) is 0.548. The highest BCUT2D eigenvalue weighted by molar-refractivity contribution is 7.92. The fraction of sp³-hybridized carbons (Fsp3) is 0.267. The van der Waals surface area contributed by atoms with Crippen LogP contribution in [0.2, 0.25) is 0 Å². The molecule has 11 nitrogen and oxygen atoms in total. The van der Waals surface area contributed by atoms with Gasteiger partial charge in [0.25, 0.3) is 0 Å². The zero-order chi connectivity index (χ0) is 30.0. The number of ether oxygens (including phenoxy) is 3. The molecule has 2 heterocycles. The van der Waals surface area contributed by atoms with Crippen LogP contribution in [-0.4, -0.2) is 81.9 Å². The van der Waals surface area contributed by atoms with Gasteiger partial charge in [0, 0.05) is 29.6 Å². The monoisotopic (exact) mass is 592 g/mol. The molecule has 0 radical (unpaired) electrons. The second-order valence-corrected chi connectivity index (χ2v) is 11.9. The van der Waals surface area contributed by atoms with Gasteiger partial charge in [0.15, 0.2) is 17.4 Å². The Balaban J connectivity index is 1.60. The van der Waals surface area contributed by atoms with Gasteiger partial charge in [-0.05, 0) is 75.6 Å². The molecule has 42 heavy (non-hydrogen) atoms. The van der Waals surface area contributed by atoms with Gasteiger partial charge in [0.2, 0.25) is 16.8 Å². The zero-order valence-electron chi connectivity index (χ0n) is 23.7. The third-order valence-corrected chi connectivity index (χ3v) is 7.90. The summed E-state index contributed by atoms with van der Waals surface area (Å²) in [5.41, 5.74) is 3.43. The SMILES string of the molecule is CCOC(=O)c1ccc2c(C(=Nc3ccc(N(CCN(C)C)S(C)(=O)=O)cc3)c3ccc4c(c3)OCO4)c(O)[nH]c2c1. The Morgan fingerprint density at radius 3 is 2.40 bits per heavy atom. The van der Waals surface area contributed by atoms with Crippen LogP contribution in [0.25, 0.3) is 10.9 Å². The summed E-state index contributed by atoms with van der Waals surface area (Å²) in [5, 5.41) is 11.7. The minimum absolute atomic E-state index is 0.104. The second kappa shape index (κ2) is 11.7. The second-order valence-electron chi connectivity index (χ2n) is 10.0. The molecule has 0 saturated heterocycles. The first-order chi connectivity index (χ1) is 20.0. The van der Waals surface area contributed by atoms with Gasteiger partial charge in [0.1, 0.15) is 0 Å². The molecule has 0 amide bonds. The van der Waals surface area contributed by atoms with Crippen molar-refractivity contribution in [3.8, 4) is 17.4 Å². The lowest BCUT2D eigenvalue weighted by molar-refractivity contribution is 0.0526. The number of likely N-dealkylation sites (N-methyl/N-ethyl adjacent to an activating group) is 1. The van der Waals surface area contributed by atoms with Crippen LogP contribution in [0.1, 0.15) is 28.4 Å². The summed E-state index contributed by atoms with van der Waals surface area (Å²) >= 11 is 0. The van der Waals surface area contributed by atoms with Crippen molar-refractivity contribution < 1.29 is 32.5 Å². The van der Waals surface area contributed by atoms with E-state index in [2.05, 4.69) is 4.98 Å². The number of hydrogen-bond acceptors (Lipinski definition) is 9. The summed E-state index contributed by atoms with van der Waals surface area (Å²) in [6.45, 7) is 2.94. The number of esters is 1. The molecule has 0 fully saturated rings. The Labute approximate surface area is 244 Å². The summed E-state index contributed by atoms with van der Waals surface area (Å²) in [6, 6.07) is 17.2. The van der Waals surface area contributed by atoms with E-state index in [1.165, 1.54) is 10.6 Å². The van der Waals surface area contributed by atoms with Gasteiger partial charge in [-0.1, -0.05) is 6.07 Å². The number of aromatic nitrogens is 1. The number of aliphatic imine (C=N–C) groups is 1. The van der Waals surface area contributed by atoms with Gasteiger partial charge in [-0.25, -0.2) is 18.2 Å². The van der Waals surface area contributed by atoms with E-state index in [4.69, 9.17) is 19.2 Å². The average molecular weight is 593 g/mol. The third-order valence-electron chi connectivity index (χ3n) is 6.70. The van der Waals surface area contributed by atoms with E-state index in [-0.39, 0.29) is 19.3 Å². The van der Waals surface area contributed by atoms with E-state index < -0.39 is 16.0 Å². The molecule has 0 aliphatic carbocycles. The number of hydrogen-bond donors (Lipinski definition) is 2.